The maximum absolute atomic E-state index is 12.4. The molecule has 0 saturated heterocycles. The number of ether oxygens (including phenoxy) is 1. The molecule has 0 saturated carbocycles. The average molecular weight is 443 g/mol. The van der Waals surface area contributed by atoms with Gasteiger partial charge in [-0.3, -0.25) is 4.79 Å². The number of carbonyl (C=O) groups excluding carboxylic acids is 1. The second-order valence-corrected chi connectivity index (χ2v) is 8.81. The van der Waals surface area contributed by atoms with E-state index in [1.54, 1.807) is 42.2 Å². The van der Waals surface area contributed by atoms with Crippen molar-refractivity contribution in [2.75, 3.05) is 25.0 Å². The number of hydrogen-bond donors (Lipinski definition) is 2. The zero-order chi connectivity index (χ0) is 22.2. The van der Waals surface area contributed by atoms with Crippen LogP contribution >= 0.6 is 11.8 Å². The standard InChI is InChI=1S/C22H30N6O2S/c1-5-11-23-19-18-14-25-28(20(18)27-22(26-19)31-15(3)4)13-12-24-21(29)16-7-9-17(10-8-16)30-6-2/h7-10,14-15H,5-6,11-13H2,1-4H3,(H,24,29)(H,23,26,27). The SMILES string of the molecule is CCCNc1nc(SC(C)C)nc2c1cnn2CCNC(=O)c1ccc(OCC)cc1. The van der Waals surface area contributed by atoms with Crippen LogP contribution < -0.4 is 15.4 Å². The number of carbonyl (C=O) groups is 1. The molecule has 31 heavy (non-hydrogen) atoms. The molecule has 0 radical (unpaired) electrons. The van der Waals surface area contributed by atoms with Crippen molar-refractivity contribution in [2.24, 2.45) is 0 Å². The molecule has 0 aliphatic heterocycles. The predicted molar refractivity (Wildman–Crippen MR) is 125 cm³/mol. The Morgan fingerprint density at radius 1 is 1.16 bits per heavy atom. The number of nitrogens with zero attached hydrogens (tertiary/aromatic N) is 4. The molecular weight excluding hydrogens is 412 g/mol. The monoisotopic (exact) mass is 442 g/mol. The number of fused-ring (bicyclic) bond motifs is 1. The van der Waals surface area contributed by atoms with Gasteiger partial charge in [0.1, 0.15) is 11.6 Å². The van der Waals surface area contributed by atoms with E-state index < -0.39 is 0 Å². The largest absolute Gasteiger partial charge is 0.494 e. The van der Waals surface area contributed by atoms with Crippen LogP contribution in [0.1, 0.15) is 44.5 Å². The minimum absolute atomic E-state index is 0.129. The fourth-order valence-electron chi connectivity index (χ4n) is 2.99. The topological polar surface area (TPSA) is 94.0 Å². The van der Waals surface area contributed by atoms with Crippen LogP contribution in [0.15, 0.2) is 35.6 Å². The van der Waals surface area contributed by atoms with Crippen LogP contribution in [0.5, 0.6) is 5.75 Å². The van der Waals surface area contributed by atoms with Gasteiger partial charge < -0.3 is 15.4 Å². The van der Waals surface area contributed by atoms with E-state index in [-0.39, 0.29) is 5.91 Å². The van der Waals surface area contributed by atoms with Crippen molar-refractivity contribution in [3.05, 3.63) is 36.0 Å². The third kappa shape index (κ3) is 6.10. The van der Waals surface area contributed by atoms with Gasteiger partial charge in [0.15, 0.2) is 10.8 Å². The van der Waals surface area contributed by atoms with Gasteiger partial charge in [-0.05, 0) is 37.6 Å². The van der Waals surface area contributed by atoms with Gasteiger partial charge in [0.05, 0.1) is 24.7 Å². The number of amides is 1. The van der Waals surface area contributed by atoms with E-state index in [2.05, 4.69) is 41.5 Å². The normalized spacial score (nSPS) is 11.1. The number of nitrogens with one attached hydrogen (secondary N) is 2. The number of thioether (sulfide) groups is 1. The van der Waals surface area contributed by atoms with Crippen LogP contribution in [0.25, 0.3) is 11.0 Å². The summed E-state index contributed by atoms with van der Waals surface area (Å²) >= 11 is 1.62. The summed E-state index contributed by atoms with van der Waals surface area (Å²) in [4.78, 5) is 21.8. The van der Waals surface area contributed by atoms with Gasteiger partial charge in [0.25, 0.3) is 5.91 Å². The molecule has 0 atom stereocenters. The Kier molecular flexibility index (Phi) is 8.11. The molecule has 2 aromatic heterocycles. The maximum atomic E-state index is 12.4. The van der Waals surface area contributed by atoms with E-state index in [1.165, 1.54) is 0 Å². The highest BCUT2D eigenvalue weighted by molar-refractivity contribution is 7.99. The van der Waals surface area contributed by atoms with Crippen molar-refractivity contribution in [3.63, 3.8) is 0 Å². The Morgan fingerprint density at radius 3 is 2.61 bits per heavy atom. The average Bonchev–Trinajstić information content (AvgIpc) is 3.15. The molecule has 0 fully saturated rings. The predicted octanol–water partition coefficient (Wildman–Crippen LogP) is 3.98. The smallest absolute Gasteiger partial charge is 0.251 e. The Balaban J connectivity index is 1.69. The first kappa shape index (κ1) is 22.9. The van der Waals surface area contributed by atoms with E-state index >= 15 is 0 Å². The molecule has 0 aliphatic carbocycles. The molecule has 1 amide bonds. The van der Waals surface area contributed by atoms with Crippen LogP contribution in [0.2, 0.25) is 0 Å². The van der Waals surface area contributed by atoms with Gasteiger partial charge >= 0.3 is 0 Å². The molecule has 2 heterocycles. The summed E-state index contributed by atoms with van der Waals surface area (Å²) < 4.78 is 7.23. The van der Waals surface area contributed by atoms with Crippen LogP contribution in [0.3, 0.4) is 0 Å². The molecule has 166 valence electrons. The Hall–Kier alpha value is -2.81. The number of rotatable bonds is 11. The Bertz CT molecular complexity index is 1000. The van der Waals surface area contributed by atoms with E-state index in [0.717, 1.165) is 40.7 Å². The lowest BCUT2D eigenvalue weighted by Gasteiger charge is -2.10. The van der Waals surface area contributed by atoms with Crippen molar-refractivity contribution in [2.45, 2.75) is 51.1 Å². The molecule has 0 unspecified atom stereocenters. The molecule has 9 heteroatoms. The number of aromatic nitrogens is 4. The van der Waals surface area contributed by atoms with Crippen molar-refractivity contribution < 1.29 is 9.53 Å². The van der Waals surface area contributed by atoms with E-state index in [4.69, 9.17) is 9.72 Å². The molecule has 0 spiro atoms. The fraction of sp³-hybridized carbons (Fsp3) is 0.455. The summed E-state index contributed by atoms with van der Waals surface area (Å²) in [6.07, 6.45) is 2.79. The van der Waals surface area contributed by atoms with E-state index in [9.17, 15) is 4.79 Å². The summed E-state index contributed by atoms with van der Waals surface area (Å²) in [5.41, 5.74) is 1.37. The first-order valence-electron chi connectivity index (χ1n) is 10.7. The second-order valence-electron chi connectivity index (χ2n) is 7.27. The maximum Gasteiger partial charge on any atom is 0.251 e. The van der Waals surface area contributed by atoms with Crippen LogP contribution in [-0.2, 0) is 6.54 Å². The molecule has 0 aliphatic rings. The van der Waals surface area contributed by atoms with Crippen molar-refractivity contribution in [1.82, 2.24) is 25.1 Å². The lowest BCUT2D eigenvalue weighted by molar-refractivity contribution is 0.0952. The quantitative estimate of drug-likeness (QED) is 0.343. The van der Waals surface area contributed by atoms with Crippen molar-refractivity contribution >= 4 is 34.5 Å². The molecule has 3 aromatic rings. The summed E-state index contributed by atoms with van der Waals surface area (Å²) in [6.45, 7) is 10.7. The summed E-state index contributed by atoms with van der Waals surface area (Å²) in [7, 11) is 0. The summed E-state index contributed by atoms with van der Waals surface area (Å²) in [6, 6.07) is 7.13. The molecule has 3 rings (SSSR count). The number of hydrogen-bond acceptors (Lipinski definition) is 7. The van der Waals surface area contributed by atoms with Gasteiger partial charge in [-0.1, -0.05) is 32.5 Å². The molecule has 0 bridgehead atoms. The highest BCUT2D eigenvalue weighted by Crippen LogP contribution is 2.26. The minimum Gasteiger partial charge on any atom is -0.494 e. The molecule has 1 aromatic carbocycles. The molecule has 2 N–H and O–H groups in total. The van der Waals surface area contributed by atoms with Crippen LogP contribution in [0, 0.1) is 0 Å². The highest BCUT2D eigenvalue weighted by atomic mass is 32.2. The number of benzene rings is 1. The first-order valence-corrected chi connectivity index (χ1v) is 11.5. The van der Waals surface area contributed by atoms with Gasteiger partial charge in [0, 0.05) is 23.9 Å². The van der Waals surface area contributed by atoms with Gasteiger partial charge in [0.2, 0.25) is 0 Å². The van der Waals surface area contributed by atoms with Crippen molar-refractivity contribution in [3.8, 4) is 5.75 Å². The van der Waals surface area contributed by atoms with Crippen LogP contribution in [0.4, 0.5) is 5.82 Å². The van der Waals surface area contributed by atoms with E-state index in [1.807, 2.05) is 11.6 Å². The Labute approximate surface area is 187 Å². The van der Waals surface area contributed by atoms with Gasteiger partial charge in [-0.2, -0.15) is 5.10 Å². The van der Waals surface area contributed by atoms with Crippen molar-refractivity contribution in [1.29, 1.82) is 0 Å². The van der Waals surface area contributed by atoms with Crippen LogP contribution in [-0.4, -0.2) is 50.6 Å². The third-order valence-electron chi connectivity index (χ3n) is 4.40. The van der Waals surface area contributed by atoms with Gasteiger partial charge in [-0.15, -0.1) is 0 Å². The molecule has 8 nitrogen and oxygen atoms in total. The van der Waals surface area contributed by atoms with Gasteiger partial charge in [-0.25, -0.2) is 14.6 Å². The Morgan fingerprint density at radius 2 is 1.94 bits per heavy atom. The minimum atomic E-state index is -0.129. The van der Waals surface area contributed by atoms with E-state index in [0.29, 0.717) is 30.5 Å². The lowest BCUT2D eigenvalue weighted by Crippen LogP contribution is -2.27. The first-order chi connectivity index (χ1) is 15.0. The highest BCUT2D eigenvalue weighted by Gasteiger charge is 2.14. The fourth-order valence-corrected chi connectivity index (χ4v) is 3.69. The summed E-state index contributed by atoms with van der Waals surface area (Å²) in [5.74, 6) is 1.43. The molecular formula is C22H30N6O2S. The lowest BCUT2D eigenvalue weighted by atomic mass is 10.2. The number of anilines is 1. The second kappa shape index (κ2) is 11.0. The summed E-state index contributed by atoms with van der Waals surface area (Å²) in [5, 5.41) is 12.8. The zero-order valence-corrected chi connectivity index (χ0v) is 19.3. The third-order valence-corrected chi connectivity index (χ3v) is 5.26. The zero-order valence-electron chi connectivity index (χ0n) is 18.5.